The molecule has 1 N–H and O–H groups in total. The molecule has 2 aromatic rings. The minimum Gasteiger partial charge on any atom is -0.481 e. The average Bonchev–Trinajstić information content (AvgIpc) is 3.09. The molecule has 154 valence electrons. The first-order valence-corrected chi connectivity index (χ1v) is 9.61. The Labute approximate surface area is 169 Å². The molecule has 0 spiro atoms. The SMILES string of the molecule is Cc1oc(-c2ccccc2)nc1CC(=O)N(C)CC(=O)N1CCCC(C(=O)O)C1. The smallest absolute Gasteiger partial charge is 0.308 e. The number of likely N-dealkylation sites (N-methyl/N-ethyl adjacent to an activating group) is 1. The van der Waals surface area contributed by atoms with E-state index in [1.54, 1.807) is 14.0 Å². The molecule has 1 fully saturated rings. The van der Waals surface area contributed by atoms with Crippen LogP contribution in [0.2, 0.25) is 0 Å². The van der Waals surface area contributed by atoms with Crippen LogP contribution in [0.3, 0.4) is 0 Å². The van der Waals surface area contributed by atoms with Gasteiger partial charge in [-0.25, -0.2) is 4.98 Å². The van der Waals surface area contributed by atoms with Crippen LogP contribution in [-0.4, -0.2) is 64.4 Å². The van der Waals surface area contributed by atoms with E-state index in [4.69, 9.17) is 9.52 Å². The third-order valence-corrected chi connectivity index (χ3v) is 5.15. The van der Waals surface area contributed by atoms with Crippen molar-refractivity contribution >= 4 is 17.8 Å². The first kappa shape index (κ1) is 20.6. The number of carboxylic acids is 1. The fourth-order valence-electron chi connectivity index (χ4n) is 3.37. The van der Waals surface area contributed by atoms with E-state index >= 15 is 0 Å². The summed E-state index contributed by atoms with van der Waals surface area (Å²) in [4.78, 5) is 43.6. The molecule has 0 radical (unpaired) electrons. The molecule has 1 aromatic heterocycles. The Morgan fingerprint density at radius 3 is 2.69 bits per heavy atom. The molecule has 1 atom stereocenters. The van der Waals surface area contributed by atoms with E-state index in [9.17, 15) is 14.4 Å². The van der Waals surface area contributed by atoms with Crippen LogP contribution >= 0.6 is 0 Å². The lowest BCUT2D eigenvalue weighted by atomic mass is 9.98. The highest BCUT2D eigenvalue weighted by Crippen LogP contribution is 2.22. The maximum Gasteiger partial charge on any atom is 0.308 e. The van der Waals surface area contributed by atoms with Crippen molar-refractivity contribution in [2.24, 2.45) is 5.92 Å². The number of aryl methyl sites for hydroxylation is 1. The number of hydrogen-bond acceptors (Lipinski definition) is 5. The summed E-state index contributed by atoms with van der Waals surface area (Å²) in [6.45, 7) is 2.38. The number of amides is 2. The number of nitrogens with zero attached hydrogens (tertiary/aromatic N) is 3. The van der Waals surface area contributed by atoms with Crippen molar-refractivity contribution in [1.29, 1.82) is 0 Å². The Bertz CT molecular complexity index is 893. The van der Waals surface area contributed by atoms with Gasteiger partial charge in [0, 0.05) is 25.7 Å². The number of oxazole rings is 1. The molecule has 1 aromatic carbocycles. The molecule has 2 heterocycles. The Morgan fingerprint density at radius 1 is 1.28 bits per heavy atom. The van der Waals surface area contributed by atoms with Gasteiger partial charge in [-0.15, -0.1) is 0 Å². The molecule has 8 heteroatoms. The molecular weight excluding hydrogens is 374 g/mol. The maximum atomic E-state index is 12.6. The number of piperidine rings is 1. The quantitative estimate of drug-likeness (QED) is 0.796. The van der Waals surface area contributed by atoms with Crippen molar-refractivity contribution in [3.63, 3.8) is 0 Å². The number of carboxylic acid groups (broad SMARTS) is 1. The number of hydrogen-bond donors (Lipinski definition) is 1. The summed E-state index contributed by atoms with van der Waals surface area (Å²) in [7, 11) is 1.56. The van der Waals surface area contributed by atoms with Crippen LogP contribution in [-0.2, 0) is 20.8 Å². The minimum atomic E-state index is -0.886. The summed E-state index contributed by atoms with van der Waals surface area (Å²) in [6, 6.07) is 9.43. The monoisotopic (exact) mass is 399 g/mol. The first-order valence-electron chi connectivity index (χ1n) is 9.61. The van der Waals surface area contributed by atoms with Gasteiger partial charge in [0.2, 0.25) is 17.7 Å². The highest BCUT2D eigenvalue weighted by Gasteiger charge is 2.29. The van der Waals surface area contributed by atoms with Crippen molar-refractivity contribution in [3.05, 3.63) is 41.8 Å². The summed E-state index contributed by atoms with van der Waals surface area (Å²) in [5, 5.41) is 9.16. The standard InChI is InChI=1S/C21H25N3O5/c1-14-17(22-20(29-14)15-7-4-3-5-8-15)11-18(25)23(2)13-19(26)24-10-6-9-16(12-24)21(27)28/h3-5,7-8,16H,6,9-13H2,1-2H3,(H,27,28). The zero-order valence-electron chi connectivity index (χ0n) is 16.6. The van der Waals surface area contributed by atoms with Crippen LogP contribution < -0.4 is 0 Å². The van der Waals surface area contributed by atoms with E-state index < -0.39 is 11.9 Å². The van der Waals surface area contributed by atoms with Gasteiger partial charge in [-0.3, -0.25) is 14.4 Å². The van der Waals surface area contributed by atoms with E-state index in [-0.39, 0.29) is 31.3 Å². The minimum absolute atomic E-state index is 0.0314. The Balaban J connectivity index is 1.59. The number of aliphatic carboxylic acids is 1. The van der Waals surface area contributed by atoms with Crippen LogP contribution in [0.4, 0.5) is 0 Å². The Kier molecular flexibility index (Phi) is 6.31. The van der Waals surface area contributed by atoms with Crippen molar-refractivity contribution in [2.75, 3.05) is 26.7 Å². The van der Waals surface area contributed by atoms with Crippen LogP contribution in [0, 0.1) is 12.8 Å². The molecule has 0 aliphatic carbocycles. The lowest BCUT2D eigenvalue weighted by Crippen LogP contribution is -2.47. The first-order chi connectivity index (χ1) is 13.8. The Morgan fingerprint density at radius 2 is 2.00 bits per heavy atom. The molecule has 2 amide bonds. The molecular formula is C21H25N3O5. The third-order valence-electron chi connectivity index (χ3n) is 5.15. The van der Waals surface area contributed by atoms with Crippen molar-refractivity contribution in [3.8, 4) is 11.5 Å². The van der Waals surface area contributed by atoms with Gasteiger partial charge >= 0.3 is 5.97 Å². The van der Waals surface area contributed by atoms with Gasteiger partial charge in [-0.1, -0.05) is 18.2 Å². The van der Waals surface area contributed by atoms with Gasteiger partial charge in [-0.2, -0.15) is 0 Å². The normalized spacial score (nSPS) is 16.5. The molecule has 1 aliphatic rings. The van der Waals surface area contributed by atoms with Gasteiger partial charge in [-0.05, 0) is 31.9 Å². The van der Waals surface area contributed by atoms with E-state index in [0.717, 1.165) is 5.56 Å². The fraction of sp³-hybridized carbons (Fsp3) is 0.429. The van der Waals surface area contributed by atoms with Crippen LogP contribution in [0.25, 0.3) is 11.5 Å². The fourth-order valence-corrected chi connectivity index (χ4v) is 3.37. The topological polar surface area (TPSA) is 104 Å². The van der Waals surface area contributed by atoms with Gasteiger partial charge in [0.1, 0.15) is 5.76 Å². The molecule has 1 unspecified atom stereocenters. The number of benzene rings is 1. The summed E-state index contributed by atoms with van der Waals surface area (Å²) in [5.74, 6) is -0.893. The van der Waals surface area contributed by atoms with Gasteiger partial charge < -0.3 is 19.3 Å². The van der Waals surface area contributed by atoms with Crippen molar-refractivity contribution in [2.45, 2.75) is 26.2 Å². The van der Waals surface area contributed by atoms with Crippen LogP contribution in [0.1, 0.15) is 24.3 Å². The Hall–Kier alpha value is -3.16. The number of aromatic nitrogens is 1. The van der Waals surface area contributed by atoms with Gasteiger partial charge in [0.15, 0.2) is 0 Å². The van der Waals surface area contributed by atoms with Crippen LogP contribution in [0.5, 0.6) is 0 Å². The van der Waals surface area contributed by atoms with Gasteiger partial charge in [0.25, 0.3) is 0 Å². The largest absolute Gasteiger partial charge is 0.481 e. The summed E-state index contributed by atoms with van der Waals surface area (Å²) >= 11 is 0. The number of rotatable bonds is 6. The van der Waals surface area contributed by atoms with Crippen molar-refractivity contribution in [1.82, 2.24) is 14.8 Å². The predicted octanol–water partition coefficient (Wildman–Crippen LogP) is 1.97. The highest BCUT2D eigenvalue weighted by atomic mass is 16.4. The summed E-state index contributed by atoms with van der Waals surface area (Å²) < 4.78 is 5.68. The lowest BCUT2D eigenvalue weighted by Gasteiger charge is -2.32. The summed E-state index contributed by atoms with van der Waals surface area (Å²) in [6.07, 6.45) is 1.26. The van der Waals surface area contributed by atoms with E-state index in [2.05, 4.69) is 4.98 Å². The summed E-state index contributed by atoms with van der Waals surface area (Å²) in [5.41, 5.74) is 1.37. The van der Waals surface area contributed by atoms with E-state index in [0.29, 0.717) is 36.7 Å². The number of likely N-dealkylation sites (tertiary alicyclic amines) is 1. The zero-order chi connectivity index (χ0) is 21.0. The molecule has 1 aliphatic heterocycles. The molecule has 0 saturated carbocycles. The highest BCUT2D eigenvalue weighted by molar-refractivity contribution is 5.86. The molecule has 3 rings (SSSR count). The average molecular weight is 399 g/mol. The number of carbonyl (C=O) groups excluding carboxylic acids is 2. The molecule has 0 bridgehead atoms. The van der Waals surface area contributed by atoms with Gasteiger partial charge in [0.05, 0.1) is 24.6 Å². The van der Waals surface area contributed by atoms with Crippen LogP contribution in [0.15, 0.2) is 34.7 Å². The lowest BCUT2D eigenvalue weighted by molar-refractivity contribution is -0.147. The number of carbonyl (C=O) groups is 3. The third kappa shape index (κ3) is 5.01. The maximum absolute atomic E-state index is 12.6. The second-order valence-corrected chi connectivity index (χ2v) is 7.33. The second-order valence-electron chi connectivity index (χ2n) is 7.33. The second kappa shape index (κ2) is 8.89. The molecule has 1 saturated heterocycles. The predicted molar refractivity (Wildman–Crippen MR) is 105 cm³/mol. The van der Waals surface area contributed by atoms with Crippen molar-refractivity contribution < 1.29 is 23.9 Å². The molecule has 8 nitrogen and oxygen atoms in total. The van der Waals surface area contributed by atoms with E-state index in [1.165, 1.54) is 9.80 Å². The molecule has 29 heavy (non-hydrogen) atoms. The van der Waals surface area contributed by atoms with E-state index in [1.807, 2.05) is 30.3 Å². The zero-order valence-corrected chi connectivity index (χ0v) is 16.6.